The average molecular weight is 334 g/mol. The number of carboxylic acid groups (broad SMARTS) is 1. The Hall–Kier alpha value is -1.44. The Labute approximate surface area is 130 Å². The van der Waals surface area contributed by atoms with Crippen molar-refractivity contribution in [1.29, 1.82) is 0 Å². The number of carbonyl (C=O) groups excluding carboxylic acids is 1. The molecule has 0 bridgehead atoms. The number of amides is 1. The molecule has 9 heteroatoms. The largest absolute Gasteiger partial charge is 0.481 e. The van der Waals surface area contributed by atoms with Crippen molar-refractivity contribution in [3.05, 3.63) is 22.2 Å². The summed E-state index contributed by atoms with van der Waals surface area (Å²) >= 11 is 11.7. The molecule has 0 spiro atoms. The number of ether oxygens (including phenoxy) is 1. The van der Waals surface area contributed by atoms with E-state index in [1.807, 2.05) is 0 Å². The van der Waals surface area contributed by atoms with Gasteiger partial charge in [0.15, 0.2) is 5.15 Å². The van der Waals surface area contributed by atoms with E-state index in [1.165, 1.54) is 6.20 Å². The van der Waals surface area contributed by atoms with Crippen LogP contribution in [0.2, 0.25) is 10.3 Å². The molecular weight excluding hydrogens is 321 g/mol. The molecule has 21 heavy (non-hydrogen) atoms. The van der Waals surface area contributed by atoms with Gasteiger partial charge in [-0.15, -0.1) is 0 Å². The van der Waals surface area contributed by atoms with Gasteiger partial charge in [0, 0.05) is 0 Å². The topological polar surface area (TPSA) is 101 Å². The number of nitrogens with one attached hydrogen (secondary N) is 1. The van der Waals surface area contributed by atoms with Gasteiger partial charge in [0.05, 0.1) is 19.4 Å². The normalized spacial score (nSPS) is 17.7. The van der Waals surface area contributed by atoms with Crippen molar-refractivity contribution in [2.45, 2.75) is 18.9 Å². The summed E-state index contributed by atoms with van der Waals surface area (Å²) in [5.41, 5.74) is -0.650. The Kier molecular flexibility index (Phi) is 4.65. The van der Waals surface area contributed by atoms with Gasteiger partial charge in [-0.25, -0.2) is 4.98 Å². The van der Waals surface area contributed by atoms with Crippen molar-refractivity contribution in [3.8, 4) is 0 Å². The van der Waals surface area contributed by atoms with Gasteiger partial charge in [-0.05, 0) is 6.42 Å². The quantitative estimate of drug-likeness (QED) is 0.786. The highest BCUT2D eigenvalue weighted by atomic mass is 35.5. The lowest BCUT2D eigenvalue weighted by Gasteiger charge is -2.41. The van der Waals surface area contributed by atoms with E-state index in [4.69, 9.17) is 33.0 Å². The van der Waals surface area contributed by atoms with Gasteiger partial charge in [-0.1, -0.05) is 30.1 Å². The van der Waals surface area contributed by atoms with Crippen molar-refractivity contribution in [3.63, 3.8) is 0 Å². The molecule has 2 heterocycles. The molecular formula is C12H13Cl2N3O4. The molecule has 0 radical (unpaired) electrons. The first-order chi connectivity index (χ1) is 9.89. The molecule has 1 fully saturated rings. The van der Waals surface area contributed by atoms with E-state index in [0.29, 0.717) is 5.69 Å². The number of rotatable bonds is 5. The molecule has 1 atom stereocenters. The van der Waals surface area contributed by atoms with E-state index in [2.05, 4.69) is 15.3 Å². The zero-order valence-corrected chi connectivity index (χ0v) is 12.6. The maximum atomic E-state index is 12.1. The van der Waals surface area contributed by atoms with E-state index in [0.717, 1.165) is 0 Å². The van der Waals surface area contributed by atoms with Gasteiger partial charge in [-0.3, -0.25) is 14.6 Å². The first-order valence-corrected chi connectivity index (χ1v) is 6.96. The fraction of sp³-hybridized carbons (Fsp3) is 0.500. The zero-order chi connectivity index (χ0) is 15.6. The summed E-state index contributed by atoms with van der Waals surface area (Å²) in [7, 11) is 0. The third-order valence-electron chi connectivity index (χ3n) is 3.24. The van der Waals surface area contributed by atoms with Crippen LogP contribution in [-0.4, -0.2) is 40.2 Å². The molecule has 1 aromatic rings. The van der Waals surface area contributed by atoms with Crippen LogP contribution in [0.1, 0.15) is 19.0 Å². The maximum absolute atomic E-state index is 12.1. The van der Waals surface area contributed by atoms with Gasteiger partial charge < -0.3 is 15.2 Å². The monoisotopic (exact) mass is 333 g/mol. The van der Waals surface area contributed by atoms with Crippen LogP contribution in [0, 0.1) is 5.92 Å². The van der Waals surface area contributed by atoms with Crippen molar-refractivity contribution in [2.75, 3.05) is 13.2 Å². The molecule has 1 amide bonds. The lowest BCUT2D eigenvalue weighted by atomic mass is 9.91. The molecule has 1 aliphatic heterocycles. The number of nitrogens with zero attached hydrogens (tertiary/aromatic N) is 2. The van der Waals surface area contributed by atoms with Crippen LogP contribution < -0.4 is 5.32 Å². The lowest BCUT2D eigenvalue weighted by Crippen LogP contribution is -2.61. The Morgan fingerprint density at radius 1 is 1.52 bits per heavy atom. The second kappa shape index (κ2) is 6.13. The summed E-state index contributed by atoms with van der Waals surface area (Å²) in [4.78, 5) is 31.1. The van der Waals surface area contributed by atoms with E-state index in [-0.39, 0.29) is 29.9 Å². The summed E-state index contributed by atoms with van der Waals surface area (Å²) in [6.45, 7) is 1.91. The van der Waals surface area contributed by atoms with E-state index >= 15 is 0 Å². The molecule has 0 saturated carbocycles. The second-order valence-corrected chi connectivity index (χ2v) is 5.44. The van der Waals surface area contributed by atoms with Gasteiger partial charge in [0.1, 0.15) is 22.3 Å². The molecule has 1 aliphatic rings. The van der Waals surface area contributed by atoms with Crippen LogP contribution >= 0.6 is 23.2 Å². The second-order valence-electron chi connectivity index (χ2n) is 4.70. The number of halogens is 2. The molecule has 0 aliphatic carbocycles. The highest BCUT2D eigenvalue weighted by Gasteiger charge is 2.46. The van der Waals surface area contributed by atoms with Crippen LogP contribution in [0.4, 0.5) is 0 Å². The Balaban J connectivity index is 2.26. The Morgan fingerprint density at radius 2 is 2.19 bits per heavy atom. The number of aromatic nitrogens is 2. The summed E-state index contributed by atoms with van der Waals surface area (Å²) in [6.07, 6.45) is 1.49. The first kappa shape index (κ1) is 15.9. The van der Waals surface area contributed by atoms with E-state index < -0.39 is 23.3 Å². The molecule has 1 saturated heterocycles. The zero-order valence-electron chi connectivity index (χ0n) is 11.1. The molecule has 114 valence electrons. The molecule has 1 aromatic heterocycles. The Bertz CT molecular complexity index is 578. The summed E-state index contributed by atoms with van der Waals surface area (Å²) in [6, 6.07) is 0. The van der Waals surface area contributed by atoms with Crippen molar-refractivity contribution in [1.82, 2.24) is 15.3 Å². The standard InChI is InChI=1S/C12H13Cl2N3O4/c1-2-6(11(19)20)10(18)17-12(4-21-5-12)8-9(14)16-7(13)3-15-8/h3,6H,2,4-5H2,1H3,(H,17,18)(H,19,20). The third-order valence-corrected chi connectivity index (χ3v) is 3.68. The maximum Gasteiger partial charge on any atom is 0.316 e. The van der Waals surface area contributed by atoms with Crippen LogP contribution in [0.15, 0.2) is 6.20 Å². The molecule has 7 nitrogen and oxygen atoms in total. The minimum atomic E-state index is -1.18. The van der Waals surface area contributed by atoms with E-state index in [1.54, 1.807) is 6.92 Å². The third kappa shape index (κ3) is 3.09. The van der Waals surface area contributed by atoms with Crippen LogP contribution in [0.25, 0.3) is 0 Å². The molecule has 2 rings (SSSR count). The molecule has 2 N–H and O–H groups in total. The molecule has 1 unspecified atom stereocenters. The predicted molar refractivity (Wildman–Crippen MR) is 74.1 cm³/mol. The predicted octanol–water partition coefficient (Wildman–Crippen LogP) is 1.24. The van der Waals surface area contributed by atoms with Gasteiger partial charge in [0.2, 0.25) is 5.91 Å². The lowest BCUT2D eigenvalue weighted by molar-refractivity contribution is -0.151. The minimum absolute atomic E-state index is 0.0504. The fourth-order valence-electron chi connectivity index (χ4n) is 2.04. The summed E-state index contributed by atoms with van der Waals surface area (Å²) in [5, 5.41) is 11.9. The van der Waals surface area contributed by atoms with Gasteiger partial charge in [-0.2, -0.15) is 0 Å². The molecule has 0 aromatic carbocycles. The van der Waals surface area contributed by atoms with Crippen molar-refractivity contribution in [2.24, 2.45) is 5.92 Å². The summed E-state index contributed by atoms with van der Waals surface area (Å²) < 4.78 is 5.13. The first-order valence-electron chi connectivity index (χ1n) is 6.20. The number of carbonyl (C=O) groups is 2. The highest BCUT2D eigenvalue weighted by molar-refractivity contribution is 6.32. The minimum Gasteiger partial charge on any atom is -0.481 e. The van der Waals surface area contributed by atoms with Crippen molar-refractivity contribution >= 4 is 35.1 Å². The van der Waals surface area contributed by atoms with Crippen LogP contribution in [0.5, 0.6) is 0 Å². The van der Waals surface area contributed by atoms with Crippen LogP contribution in [-0.2, 0) is 19.9 Å². The number of aliphatic carboxylic acids is 1. The smallest absolute Gasteiger partial charge is 0.316 e. The van der Waals surface area contributed by atoms with Gasteiger partial charge >= 0.3 is 5.97 Å². The Morgan fingerprint density at radius 3 is 2.62 bits per heavy atom. The SMILES string of the molecule is CCC(C(=O)O)C(=O)NC1(c2ncc(Cl)nc2Cl)COC1. The van der Waals surface area contributed by atoms with Crippen LogP contribution in [0.3, 0.4) is 0 Å². The summed E-state index contributed by atoms with van der Waals surface area (Å²) in [5.74, 6) is -2.93. The average Bonchev–Trinajstić information content (AvgIpc) is 2.35. The number of hydrogen-bond donors (Lipinski definition) is 2. The van der Waals surface area contributed by atoms with Crippen molar-refractivity contribution < 1.29 is 19.4 Å². The van der Waals surface area contributed by atoms with Gasteiger partial charge in [0.25, 0.3) is 0 Å². The fourth-order valence-corrected chi connectivity index (χ4v) is 2.53. The number of carboxylic acids is 1. The van der Waals surface area contributed by atoms with E-state index in [9.17, 15) is 9.59 Å². The number of hydrogen-bond acceptors (Lipinski definition) is 5. The highest BCUT2D eigenvalue weighted by Crippen LogP contribution is 2.33.